The molecule has 18 heavy (non-hydrogen) atoms. The van der Waals surface area contributed by atoms with E-state index in [1.54, 1.807) is 6.20 Å². The fourth-order valence-electron chi connectivity index (χ4n) is 1.58. The van der Waals surface area contributed by atoms with Crippen molar-refractivity contribution in [2.24, 2.45) is 0 Å². The molecular weight excluding hydrogens is 226 g/mol. The number of nitrogens with one attached hydrogen (secondary N) is 1. The molecule has 4 nitrogen and oxygen atoms in total. The van der Waals surface area contributed by atoms with Crippen LogP contribution in [-0.4, -0.2) is 23.1 Å². The maximum Gasteiger partial charge on any atom is 0.215 e. The molecule has 2 aromatic rings. The van der Waals surface area contributed by atoms with Crippen molar-refractivity contribution in [2.75, 3.05) is 18.5 Å². The summed E-state index contributed by atoms with van der Waals surface area (Å²) in [6.07, 6.45) is 2.58. The molecule has 2 rings (SSSR count). The zero-order chi connectivity index (χ0) is 12.6. The first-order valence-electron chi connectivity index (χ1n) is 6.12. The van der Waals surface area contributed by atoms with Gasteiger partial charge in [0.15, 0.2) is 0 Å². The molecule has 0 fully saturated rings. The first-order chi connectivity index (χ1) is 8.88. The maximum atomic E-state index is 5.61. The highest BCUT2D eigenvalue weighted by molar-refractivity contribution is 5.36. The summed E-state index contributed by atoms with van der Waals surface area (Å²) >= 11 is 0. The predicted molar refractivity (Wildman–Crippen MR) is 71.8 cm³/mol. The number of hydrogen-bond donors (Lipinski definition) is 1. The largest absolute Gasteiger partial charge is 0.477 e. The first kappa shape index (κ1) is 12.4. The van der Waals surface area contributed by atoms with Crippen LogP contribution in [-0.2, 0) is 6.42 Å². The van der Waals surface area contributed by atoms with E-state index in [1.807, 2.05) is 43.3 Å². The van der Waals surface area contributed by atoms with Crippen LogP contribution >= 0.6 is 0 Å². The fraction of sp³-hybridized carbons (Fsp3) is 0.286. The van der Waals surface area contributed by atoms with E-state index in [0.29, 0.717) is 12.5 Å². The monoisotopic (exact) mass is 243 g/mol. The maximum absolute atomic E-state index is 5.61. The van der Waals surface area contributed by atoms with Gasteiger partial charge in [0.2, 0.25) is 5.88 Å². The fourth-order valence-corrected chi connectivity index (χ4v) is 1.58. The van der Waals surface area contributed by atoms with Gasteiger partial charge in [0.1, 0.15) is 5.82 Å². The summed E-state index contributed by atoms with van der Waals surface area (Å²) in [7, 11) is 0. The second kappa shape index (κ2) is 6.59. The number of hydrogen-bond acceptors (Lipinski definition) is 4. The van der Waals surface area contributed by atoms with E-state index in [0.717, 1.165) is 24.5 Å². The highest BCUT2D eigenvalue weighted by atomic mass is 16.5. The molecule has 0 aromatic carbocycles. The average molecular weight is 243 g/mol. The summed E-state index contributed by atoms with van der Waals surface area (Å²) in [6, 6.07) is 11.6. The van der Waals surface area contributed by atoms with E-state index in [4.69, 9.17) is 4.74 Å². The zero-order valence-corrected chi connectivity index (χ0v) is 10.5. The number of aromatic nitrogens is 2. The molecule has 0 saturated heterocycles. The highest BCUT2D eigenvalue weighted by Gasteiger charge is 1.98. The molecule has 2 aromatic heterocycles. The lowest BCUT2D eigenvalue weighted by Gasteiger charge is -2.07. The van der Waals surface area contributed by atoms with Crippen LogP contribution in [0.2, 0.25) is 0 Å². The Bertz CT molecular complexity index is 473. The van der Waals surface area contributed by atoms with Crippen LogP contribution in [0.1, 0.15) is 12.6 Å². The lowest BCUT2D eigenvalue weighted by Crippen LogP contribution is -2.05. The van der Waals surface area contributed by atoms with Crippen LogP contribution in [0.3, 0.4) is 0 Å². The minimum atomic E-state index is 0.583. The van der Waals surface area contributed by atoms with E-state index in [2.05, 4.69) is 15.3 Å². The molecule has 2 heterocycles. The normalized spacial score (nSPS) is 10.1. The van der Waals surface area contributed by atoms with Crippen molar-refractivity contribution in [1.82, 2.24) is 9.97 Å². The summed E-state index contributed by atoms with van der Waals surface area (Å²) in [4.78, 5) is 8.58. The van der Waals surface area contributed by atoms with Gasteiger partial charge in [-0.05, 0) is 25.1 Å². The van der Waals surface area contributed by atoms with Crippen molar-refractivity contribution in [2.45, 2.75) is 13.3 Å². The third kappa shape index (κ3) is 3.73. The standard InChI is InChI=1S/C14H17N3O/c1-2-15-13-7-5-8-14(17-13)18-11-9-12-6-3-4-10-16-12/h3-8,10H,2,9,11H2,1H3,(H,15,17). The molecule has 0 aliphatic rings. The first-order valence-corrected chi connectivity index (χ1v) is 6.12. The van der Waals surface area contributed by atoms with E-state index < -0.39 is 0 Å². The number of nitrogens with zero attached hydrogens (tertiary/aromatic N) is 2. The van der Waals surface area contributed by atoms with E-state index >= 15 is 0 Å². The molecule has 0 aliphatic carbocycles. The van der Waals surface area contributed by atoms with Crippen molar-refractivity contribution in [1.29, 1.82) is 0 Å². The Morgan fingerprint density at radius 1 is 1.17 bits per heavy atom. The molecule has 0 unspecified atom stereocenters. The van der Waals surface area contributed by atoms with Gasteiger partial charge in [0.25, 0.3) is 0 Å². The lowest BCUT2D eigenvalue weighted by molar-refractivity contribution is 0.308. The summed E-state index contributed by atoms with van der Waals surface area (Å²) in [5, 5.41) is 3.15. The average Bonchev–Trinajstić information content (AvgIpc) is 2.41. The van der Waals surface area contributed by atoms with Gasteiger partial charge in [-0.3, -0.25) is 4.98 Å². The summed E-state index contributed by atoms with van der Waals surface area (Å²) in [5.74, 6) is 1.48. The quantitative estimate of drug-likeness (QED) is 0.847. The smallest absolute Gasteiger partial charge is 0.215 e. The Labute approximate surface area is 107 Å². The molecule has 0 bridgehead atoms. The number of rotatable bonds is 6. The molecule has 0 saturated carbocycles. The van der Waals surface area contributed by atoms with Crippen molar-refractivity contribution in [3.63, 3.8) is 0 Å². The zero-order valence-electron chi connectivity index (χ0n) is 10.5. The molecule has 0 aliphatic heterocycles. The minimum Gasteiger partial charge on any atom is -0.477 e. The van der Waals surface area contributed by atoms with Gasteiger partial charge >= 0.3 is 0 Å². The topological polar surface area (TPSA) is 47.0 Å². The summed E-state index contributed by atoms with van der Waals surface area (Å²) in [6.45, 7) is 3.47. The van der Waals surface area contributed by atoms with Crippen molar-refractivity contribution < 1.29 is 4.74 Å². The van der Waals surface area contributed by atoms with Gasteiger partial charge < -0.3 is 10.1 Å². The van der Waals surface area contributed by atoms with Gasteiger partial charge in [-0.25, -0.2) is 0 Å². The summed E-state index contributed by atoms with van der Waals surface area (Å²) in [5.41, 5.74) is 1.03. The Morgan fingerprint density at radius 2 is 2.11 bits per heavy atom. The molecule has 4 heteroatoms. The van der Waals surface area contributed by atoms with Crippen LogP contribution < -0.4 is 10.1 Å². The second-order valence-electron chi connectivity index (χ2n) is 3.81. The van der Waals surface area contributed by atoms with Crippen LogP contribution in [0.15, 0.2) is 42.6 Å². The molecule has 0 atom stereocenters. The number of ether oxygens (including phenoxy) is 1. The van der Waals surface area contributed by atoms with Crippen molar-refractivity contribution in [3.8, 4) is 5.88 Å². The van der Waals surface area contributed by atoms with Gasteiger partial charge in [0.05, 0.1) is 6.61 Å². The molecule has 1 N–H and O–H groups in total. The number of anilines is 1. The minimum absolute atomic E-state index is 0.583. The molecule has 0 radical (unpaired) electrons. The predicted octanol–water partition coefficient (Wildman–Crippen LogP) is 2.53. The molecule has 0 amide bonds. The highest BCUT2D eigenvalue weighted by Crippen LogP contribution is 2.11. The van der Waals surface area contributed by atoms with Gasteiger partial charge in [-0.2, -0.15) is 4.98 Å². The Morgan fingerprint density at radius 3 is 2.89 bits per heavy atom. The van der Waals surface area contributed by atoms with Crippen LogP contribution in [0, 0.1) is 0 Å². The van der Waals surface area contributed by atoms with Crippen molar-refractivity contribution in [3.05, 3.63) is 48.3 Å². The van der Waals surface area contributed by atoms with E-state index in [1.165, 1.54) is 0 Å². The van der Waals surface area contributed by atoms with E-state index in [-0.39, 0.29) is 0 Å². The molecule has 0 spiro atoms. The Kier molecular flexibility index (Phi) is 4.53. The molecule has 94 valence electrons. The lowest BCUT2D eigenvalue weighted by atomic mass is 10.3. The van der Waals surface area contributed by atoms with E-state index in [9.17, 15) is 0 Å². The van der Waals surface area contributed by atoms with Gasteiger partial charge in [-0.1, -0.05) is 12.1 Å². The van der Waals surface area contributed by atoms with Crippen LogP contribution in [0.4, 0.5) is 5.82 Å². The molecular formula is C14H17N3O. The summed E-state index contributed by atoms with van der Waals surface area (Å²) < 4.78 is 5.61. The SMILES string of the molecule is CCNc1cccc(OCCc2ccccn2)n1. The van der Waals surface area contributed by atoms with Crippen LogP contribution in [0.5, 0.6) is 5.88 Å². The Hall–Kier alpha value is -2.10. The second-order valence-corrected chi connectivity index (χ2v) is 3.81. The van der Waals surface area contributed by atoms with Gasteiger partial charge in [0, 0.05) is 30.9 Å². The third-order valence-electron chi connectivity index (χ3n) is 2.42. The van der Waals surface area contributed by atoms with Crippen LogP contribution in [0.25, 0.3) is 0 Å². The van der Waals surface area contributed by atoms with Crippen molar-refractivity contribution >= 4 is 5.82 Å². The number of pyridine rings is 2. The Balaban J connectivity index is 1.84. The third-order valence-corrected chi connectivity index (χ3v) is 2.42. The van der Waals surface area contributed by atoms with Gasteiger partial charge in [-0.15, -0.1) is 0 Å².